The van der Waals surface area contributed by atoms with Gasteiger partial charge in [-0.3, -0.25) is 9.59 Å². The van der Waals surface area contributed by atoms with Gasteiger partial charge in [-0.1, -0.05) is 0 Å². The van der Waals surface area contributed by atoms with E-state index in [1.165, 1.54) is 7.11 Å². The molecule has 1 aromatic rings. The highest BCUT2D eigenvalue weighted by Gasteiger charge is 2.06. The van der Waals surface area contributed by atoms with E-state index in [4.69, 9.17) is 4.74 Å². The molecule has 0 aliphatic heterocycles. The molecule has 1 rings (SSSR count). The average Bonchev–Trinajstić information content (AvgIpc) is 2.30. The minimum absolute atomic E-state index is 0.142. The molecule has 1 aromatic heterocycles. The standard InChI is InChI=1S/C11H13NO4/c1-8-3-4-10(9(7-13)12-8)16-6-5-11(14)15-2/h3-4,7H,5-6H2,1-2H3. The van der Waals surface area contributed by atoms with E-state index in [-0.39, 0.29) is 24.7 Å². The molecule has 0 radical (unpaired) electrons. The molecule has 0 fully saturated rings. The molecule has 0 aliphatic rings. The lowest BCUT2D eigenvalue weighted by molar-refractivity contribution is -0.141. The van der Waals surface area contributed by atoms with Gasteiger partial charge in [0.15, 0.2) is 6.29 Å². The van der Waals surface area contributed by atoms with Crippen molar-refractivity contribution in [2.45, 2.75) is 13.3 Å². The first-order valence-corrected chi connectivity index (χ1v) is 4.80. The minimum atomic E-state index is -0.354. The predicted octanol–water partition coefficient (Wildman–Crippen LogP) is 1.14. The van der Waals surface area contributed by atoms with E-state index >= 15 is 0 Å². The van der Waals surface area contributed by atoms with Gasteiger partial charge in [0.25, 0.3) is 0 Å². The minimum Gasteiger partial charge on any atom is -0.491 e. The number of ether oxygens (including phenoxy) is 2. The van der Waals surface area contributed by atoms with Crippen molar-refractivity contribution in [2.24, 2.45) is 0 Å². The summed E-state index contributed by atoms with van der Waals surface area (Å²) < 4.78 is 9.72. The van der Waals surface area contributed by atoms with Crippen LogP contribution < -0.4 is 4.74 Å². The van der Waals surface area contributed by atoms with Crippen LogP contribution in [0.25, 0.3) is 0 Å². The largest absolute Gasteiger partial charge is 0.491 e. The number of carbonyl (C=O) groups excluding carboxylic acids is 2. The quantitative estimate of drug-likeness (QED) is 0.553. The number of hydrogen-bond acceptors (Lipinski definition) is 5. The van der Waals surface area contributed by atoms with E-state index in [9.17, 15) is 9.59 Å². The Balaban J connectivity index is 2.60. The Morgan fingerprint density at radius 3 is 2.88 bits per heavy atom. The maximum absolute atomic E-state index is 10.8. The van der Waals surface area contributed by atoms with Crippen molar-refractivity contribution in [1.82, 2.24) is 4.98 Å². The van der Waals surface area contributed by atoms with Gasteiger partial charge in [0.2, 0.25) is 0 Å². The van der Waals surface area contributed by atoms with Crippen molar-refractivity contribution in [1.29, 1.82) is 0 Å². The fraction of sp³-hybridized carbons (Fsp3) is 0.364. The van der Waals surface area contributed by atoms with Gasteiger partial charge in [-0.25, -0.2) is 4.98 Å². The van der Waals surface area contributed by atoms with Gasteiger partial charge >= 0.3 is 5.97 Å². The van der Waals surface area contributed by atoms with Crippen molar-refractivity contribution in [3.8, 4) is 5.75 Å². The molecule has 5 heteroatoms. The van der Waals surface area contributed by atoms with Gasteiger partial charge in [-0.05, 0) is 19.1 Å². The highest BCUT2D eigenvalue weighted by atomic mass is 16.5. The Bertz CT molecular complexity index is 390. The molecule has 86 valence electrons. The summed E-state index contributed by atoms with van der Waals surface area (Å²) in [6, 6.07) is 3.39. The van der Waals surface area contributed by atoms with Crippen LogP contribution >= 0.6 is 0 Å². The molecule has 0 aliphatic carbocycles. The number of nitrogens with zero attached hydrogens (tertiary/aromatic N) is 1. The van der Waals surface area contributed by atoms with Crippen LogP contribution in [-0.2, 0) is 9.53 Å². The Morgan fingerprint density at radius 1 is 1.50 bits per heavy atom. The number of methoxy groups -OCH3 is 1. The van der Waals surface area contributed by atoms with Gasteiger partial charge in [-0.2, -0.15) is 0 Å². The summed E-state index contributed by atoms with van der Waals surface area (Å²) in [5, 5.41) is 0. The molecule has 0 amide bonds. The monoisotopic (exact) mass is 223 g/mol. The first-order valence-electron chi connectivity index (χ1n) is 4.80. The molecular weight excluding hydrogens is 210 g/mol. The van der Waals surface area contributed by atoms with Crippen LogP contribution in [0.4, 0.5) is 0 Å². The van der Waals surface area contributed by atoms with Gasteiger partial charge in [0, 0.05) is 5.69 Å². The molecule has 0 unspecified atom stereocenters. The van der Waals surface area contributed by atoms with Crippen LogP contribution in [0.1, 0.15) is 22.6 Å². The Hall–Kier alpha value is -1.91. The lowest BCUT2D eigenvalue weighted by Gasteiger charge is -2.07. The molecule has 16 heavy (non-hydrogen) atoms. The van der Waals surface area contributed by atoms with Crippen molar-refractivity contribution >= 4 is 12.3 Å². The Kier molecular flexibility index (Phi) is 4.44. The number of rotatable bonds is 5. The molecule has 5 nitrogen and oxygen atoms in total. The SMILES string of the molecule is COC(=O)CCOc1ccc(C)nc1C=O. The van der Waals surface area contributed by atoms with Crippen LogP contribution in [0, 0.1) is 6.92 Å². The molecule has 0 bridgehead atoms. The van der Waals surface area contributed by atoms with Crippen LogP contribution in [0.15, 0.2) is 12.1 Å². The van der Waals surface area contributed by atoms with E-state index in [2.05, 4.69) is 9.72 Å². The second-order valence-electron chi connectivity index (χ2n) is 3.13. The van der Waals surface area contributed by atoms with Crippen LogP contribution in [0.5, 0.6) is 5.75 Å². The molecule has 0 saturated carbocycles. The Labute approximate surface area is 93.4 Å². The summed E-state index contributed by atoms with van der Waals surface area (Å²) in [7, 11) is 1.31. The third-order valence-electron chi connectivity index (χ3n) is 1.93. The second kappa shape index (κ2) is 5.85. The third kappa shape index (κ3) is 3.34. The van der Waals surface area contributed by atoms with Crippen LogP contribution in [-0.4, -0.2) is 31.0 Å². The van der Waals surface area contributed by atoms with E-state index in [1.807, 2.05) is 0 Å². The summed E-state index contributed by atoms with van der Waals surface area (Å²) in [6.45, 7) is 1.95. The fourth-order valence-corrected chi connectivity index (χ4v) is 1.12. The van der Waals surface area contributed by atoms with Crippen molar-refractivity contribution in [3.63, 3.8) is 0 Å². The summed E-state index contributed by atoms with van der Waals surface area (Å²) in [4.78, 5) is 25.5. The fourth-order valence-electron chi connectivity index (χ4n) is 1.12. The van der Waals surface area contributed by atoms with Crippen LogP contribution in [0.3, 0.4) is 0 Å². The van der Waals surface area contributed by atoms with Crippen LogP contribution in [0.2, 0.25) is 0 Å². The zero-order valence-corrected chi connectivity index (χ0v) is 9.23. The van der Waals surface area contributed by atoms with E-state index in [0.29, 0.717) is 12.0 Å². The lowest BCUT2D eigenvalue weighted by atomic mass is 10.3. The van der Waals surface area contributed by atoms with Crippen molar-refractivity contribution < 1.29 is 19.1 Å². The van der Waals surface area contributed by atoms with Gasteiger partial charge in [-0.15, -0.1) is 0 Å². The molecule has 0 spiro atoms. The first kappa shape index (κ1) is 12.2. The third-order valence-corrected chi connectivity index (χ3v) is 1.93. The second-order valence-corrected chi connectivity index (χ2v) is 3.13. The van der Waals surface area contributed by atoms with Crippen molar-refractivity contribution in [2.75, 3.05) is 13.7 Å². The number of aldehydes is 1. The van der Waals surface area contributed by atoms with Crippen molar-refractivity contribution in [3.05, 3.63) is 23.5 Å². The molecule has 0 aromatic carbocycles. The zero-order chi connectivity index (χ0) is 12.0. The average molecular weight is 223 g/mol. The highest BCUT2D eigenvalue weighted by molar-refractivity contribution is 5.76. The summed E-state index contributed by atoms with van der Waals surface area (Å²) in [5.74, 6) is 0.0252. The molecule has 0 atom stereocenters. The topological polar surface area (TPSA) is 65.5 Å². The van der Waals surface area contributed by atoms with E-state index in [0.717, 1.165) is 5.69 Å². The molecule has 1 heterocycles. The lowest BCUT2D eigenvalue weighted by Crippen LogP contribution is -2.09. The smallest absolute Gasteiger partial charge is 0.308 e. The summed E-state index contributed by atoms with van der Waals surface area (Å²) in [6.07, 6.45) is 0.767. The predicted molar refractivity (Wildman–Crippen MR) is 56.5 cm³/mol. The zero-order valence-electron chi connectivity index (χ0n) is 9.23. The number of hydrogen-bond donors (Lipinski definition) is 0. The molecule has 0 saturated heterocycles. The first-order chi connectivity index (χ1) is 7.67. The highest BCUT2D eigenvalue weighted by Crippen LogP contribution is 2.15. The Morgan fingerprint density at radius 2 is 2.25 bits per heavy atom. The number of esters is 1. The van der Waals surface area contributed by atoms with E-state index < -0.39 is 0 Å². The maximum Gasteiger partial charge on any atom is 0.308 e. The van der Waals surface area contributed by atoms with Gasteiger partial charge in [0.05, 0.1) is 20.1 Å². The van der Waals surface area contributed by atoms with E-state index in [1.54, 1.807) is 19.1 Å². The maximum atomic E-state index is 10.8. The van der Waals surface area contributed by atoms with Gasteiger partial charge < -0.3 is 9.47 Å². The number of aromatic nitrogens is 1. The molecule has 0 N–H and O–H groups in total. The number of carbonyl (C=O) groups is 2. The summed E-state index contributed by atoms with van der Waals surface area (Å²) >= 11 is 0. The molecular formula is C11H13NO4. The summed E-state index contributed by atoms with van der Waals surface area (Å²) in [5.41, 5.74) is 0.979. The number of pyridine rings is 1. The van der Waals surface area contributed by atoms with Gasteiger partial charge in [0.1, 0.15) is 11.4 Å². The normalized spacial score (nSPS) is 9.62. The number of aryl methyl sites for hydroxylation is 1.